The number of hydrogen-bond donors (Lipinski definition) is 5. The molecule has 1 fully saturated rings. The maximum absolute atomic E-state index is 13.8. The molecule has 1 saturated heterocycles. The number of aromatic nitrogens is 10. The Labute approximate surface area is 696 Å². The van der Waals surface area contributed by atoms with Crippen LogP contribution in [0.1, 0.15) is 101 Å². The fraction of sp³-hybridized carbons (Fsp3) is 0.196. The standard InChI is InChI=1S/C26H23FN4O2.C23H17F4N3O2.C22H25N3O3.C21H20FN5O2/c1-3-24(32)28-14-21-12-18(10-11-23(21)17-6-5-9-22(27)13-17)26(33)31(2)16-20-8-4-7-19-15-29-30-25(19)20;1-30(13-17-6-2-5-16-12-28-29-21(16)17)22(31)15-8-9-19(14-4-3-7-18(24)10-14)20(11-15)32-23(25,26)27;1-3-28-20-11-15(7-8-19(20)18-9-10-27-14-18)22(26)25(2)13-17-6-4-5-16-12-23-24-21(16)17;1-3-29-21-24-18(13-27(21)17-9-5-8-16(22)10-17)20(28)26(2)12-15-7-4-6-14-11-23-25-19(14)15/h3-13,15H,1,14,16H2,2H3,(H,28,32)(H,29,30);2-12H,13H2,1H3,(H,28,29);4-8,11-12,18H,3,9-10,13-14H2,1-2H3,(H,23,24);4-11,13H,3,12H2,1-2H3,(H,23,25). The van der Waals surface area contributed by atoms with Crippen molar-refractivity contribution in [1.82, 2.24) is 75.3 Å². The van der Waals surface area contributed by atoms with Crippen LogP contribution in [0.3, 0.4) is 0 Å². The highest BCUT2D eigenvalue weighted by Crippen LogP contribution is 2.38. The monoisotopic (exact) mass is 1660 g/mol. The van der Waals surface area contributed by atoms with Gasteiger partial charge in [0.1, 0.15) is 29.0 Å². The summed E-state index contributed by atoms with van der Waals surface area (Å²) in [6, 6.07) is 55.5. The topological polar surface area (TPSA) is 280 Å². The van der Waals surface area contributed by atoms with Crippen molar-refractivity contribution in [2.45, 2.75) is 65.3 Å². The molecule has 6 heterocycles. The maximum Gasteiger partial charge on any atom is 0.573 e. The first-order valence-corrected chi connectivity index (χ1v) is 38.8. The van der Waals surface area contributed by atoms with Crippen LogP contribution in [0.25, 0.3) is 71.6 Å². The van der Waals surface area contributed by atoms with Gasteiger partial charge in [-0.15, -0.1) is 13.2 Å². The number of nitrogens with one attached hydrogen (secondary N) is 5. The van der Waals surface area contributed by atoms with Gasteiger partial charge in [0.15, 0.2) is 5.69 Å². The van der Waals surface area contributed by atoms with Crippen LogP contribution in [0.5, 0.6) is 17.5 Å². The summed E-state index contributed by atoms with van der Waals surface area (Å²) in [5.74, 6) is -2.11. The number of carbonyl (C=O) groups excluding carboxylic acids is 5. The minimum absolute atomic E-state index is 0.00342. The summed E-state index contributed by atoms with van der Waals surface area (Å²) in [4.78, 5) is 74.5. The van der Waals surface area contributed by atoms with E-state index in [1.165, 1.54) is 65.6 Å². The Morgan fingerprint density at radius 2 is 0.934 bits per heavy atom. The average molecular weight is 1660 g/mol. The third-order valence-corrected chi connectivity index (χ3v) is 20.2. The molecule has 624 valence electrons. The minimum Gasteiger partial charge on any atom is -0.494 e. The molecular weight excluding hydrogens is 1570 g/mol. The molecule has 24 nitrogen and oxygen atoms in total. The molecule has 122 heavy (non-hydrogen) atoms. The molecule has 1 atom stereocenters. The van der Waals surface area contributed by atoms with E-state index in [1.54, 1.807) is 114 Å². The first kappa shape index (κ1) is 85.2. The Morgan fingerprint density at radius 3 is 1.38 bits per heavy atom. The summed E-state index contributed by atoms with van der Waals surface area (Å²) < 4.78 is 103. The predicted octanol–water partition coefficient (Wildman–Crippen LogP) is 17.3. The number of H-pyrrole nitrogens is 4. The molecular formula is C92H85F6N15O9. The van der Waals surface area contributed by atoms with Crippen molar-refractivity contribution < 1.29 is 69.3 Å². The molecule has 0 bridgehead atoms. The van der Waals surface area contributed by atoms with Crippen LogP contribution in [0.15, 0.2) is 244 Å². The van der Waals surface area contributed by atoms with E-state index in [1.807, 2.05) is 112 Å². The van der Waals surface area contributed by atoms with E-state index in [0.29, 0.717) is 73.3 Å². The van der Waals surface area contributed by atoms with Gasteiger partial charge in [-0.25, -0.2) is 13.2 Å². The molecule has 0 aliphatic carbocycles. The normalized spacial score (nSPS) is 12.3. The van der Waals surface area contributed by atoms with Crippen LogP contribution in [0, 0.1) is 17.5 Å². The second kappa shape index (κ2) is 38.8. The summed E-state index contributed by atoms with van der Waals surface area (Å²) in [7, 11) is 6.80. The number of aromatic amines is 4. The summed E-state index contributed by atoms with van der Waals surface area (Å²) in [6.07, 6.45) is 5.70. The Balaban J connectivity index is 0.000000140. The number of carbonyl (C=O) groups is 5. The number of halogens is 6. The van der Waals surface area contributed by atoms with E-state index >= 15 is 0 Å². The van der Waals surface area contributed by atoms with Crippen LogP contribution in [0.2, 0.25) is 0 Å². The number of fused-ring (bicyclic) bond motifs is 4. The lowest BCUT2D eigenvalue weighted by atomic mass is 9.96. The number of ether oxygens (including phenoxy) is 4. The number of para-hydroxylation sites is 4. The lowest BCUT2D eigenvalue weighted by Crippen LogP contribution is -2.27. The Hall–Kier alpha value is -14.7. The summed E-state index contributed by atoms with van der Waals surface area (Å²) in [5, 5.41) is 34.7. The number of hydrogen-bond acceptors (Lipinski definition) is 14. The second-order valence-electron chi connectivity index (χ2n) is 28.7. The molecule has 16 rings (SSSR count). The first-order valence-electron chi connectivity index (χ1n) is 38.8. The number of benzene rings is 10. The number of nitrogens with zero attached hydrogens (tertiary/aromatic N) is 10. The second-order valence-corrected chi connectivity index (χ2v) is 28.7. The van der Waals surface area contributed by atoms with Crippen LogP contribution < -0.4 is 19.5 Å². The third kappa shape index (κ3) is 20.7. The van der Waals surface area contributed by atoms with Crippen molar-refractivity contribution in [3.63, 3.8) is 0 Å². The molecule has 0 saturated carbocycles. The first-order chi connectivity index (χ1) is 58.9. The van der Waals surface area contributed by atoms with Crippen molar-refractivity contribution in [3.05, 3.63) is 317 Å². The van der Waals surface area contributed by atoms with E-state index in [-0.39, 0.29) is 76.7 Å². The van der Waals surface area contributed by atoms with Gasteiger partial charge in [-0.1, -0.05) is 122 Å². The fourth-order valence-corrected chi connectivity index (χ4v) is 14.2. The molecule has 1 unspecified atom stereocenters. The third-order valence-electron chi connectivity index (χ3n) is 20.2. The average Bonchev–Trinajstić information content (AvgIpc) is 1.72. The number of rotatable bonds is 24. The minimum atomic E-state index is -4.98. The quantitative estimate of drug-likeness (QED) is 0.0278. The zero-order valence-corrected chi connectivity index (χ0v) is 67.3. The van der Waals surface area contributed by atoms with Gasteiger partial charge in [-0.05, 0) is 161 Å². The van der Waals surface area contributed by atoms with E-state index in [9.17, 15) is 50.3 Å². The lowest BCUT2D eigenvalue weighted by Gasteiger charge is -2.20. The van der Waals surface area contributed by atoms with Gasteiger partial charge in [0.2, 0.25) is 5.91 Å². The molecule has 5 amide bonds. The van der Waals surface area contributed by atoms with Crippen molar-refractivity contribution in [3.8, 4) is 45.5 Å². The van der Waals surface area contributed by atoms with Gasteiger partial charge in [0, 0.05) is 123 Å². The van der Waals surface area contributed by atoms with Gasteiger partial charge < -0.3 is 43.9 Å². The van der Waals surface area contributed by atoms with E-state index in [2.05, 4.69) is 62.4 Å². The summed E-state index contributed by atoms with van der Waals surface area (Å²) in [5.41, 5.74) is 12.6. The van der Waals surface area contributed by atoms with Gasteiger partial charge >= 0.3 is 12.4 Å². The van der Waals surface area contributed by atoms with Gasteiger partial charge in [-0.3, -0.25) is 48.9 Å². The van der Waals surface area contributed by atoms with Crippen molar-refractivity contribution in [2.24, 2.45) is 0 Å². The van der Waals surface area contributed by atoms with E-state index in [4.69, 9.17) is 14.2 Å². The SMILES string of the molecule is C=CC(=O)NCc1cc(C(=O)N(C)Cc2cccc3cn[nH]c23)ccc1-c1cccc(F)c1.CCOc1cc(C(=O)N(C)Cc2cccc3cn[nH]c23)ccc1C1CCOC1.CCOc1nc(C(=O)N(C)Cc2cccc3cn[nH]c23)cn1-c1cccc(F)c1.CN(Cc1cccc2cn[nH]c12)C(=O)c1ccc(-c2cccc(F)c2)c(OC(F)(F)F)c1. The predicted molar refractivity (Wildman–Crippen MR) is 450 cm³/mol. The maximum atomic E-state index is 13.8. The fourth-order valence-electron chi connectivity index (χ4n) is 14.2. The largest absolute Gasteiger partial charge is 0.573 e. The summed E-state index contributed by atoms with van der Waals surface area (Å²) in [6.45, 7) is 11.3. The zero-order chi connectivity index (χ0) is 86.1. The highest BCUT2D eigenvalue weighted by Gasteiger charge is 2.34. The highest BCUT2D eigenvalue weighted by atomic mass is 19.4. The molecule has 15 aromatic rings. The molecule has 1 aliphatic rings. The van der Waals surface area contributed by atoms with Crippen molar-refractivity contribution >= 4 is 73.1 Å². The molecule has 30 heteroatoms. The number of amides is 5. The van der Waals surface area contributed by atoms with Crippen LogP contribution in [-0.4, -0.2) is 160 Å². The molecule has 0 radical (unpaired) electrons. The van der Waals surface area contributed by atoms with E-state index < -0.39 is 23.8 Å². The van der Waals surface area contributed by atoms with Crippen molar-refractivity contribution in [2.75, 3.05) is 54.6 Å². The van der Waals surface area contributed by atoms with E-state index in [0.717, 1.165) is 108 Å². The number of imidazole rings is 1. The number of alkyl halides is 3. The molecule has 5 aromatic heterocycles. The Morgan fingerprint density at radius 1 is 0.508 bits per heavy atom. The van der Waals surface area contributed by atoms with Crippen LogP contribution in [-0.2, 0) is 42.3 Å². The van der Waals surface area contributed by atoms with Gasteiger partial charge in [-0.2, -0.15) is 25.4 Å². The molecule has 10 aromatic carbocycles. The summed E-state index contributed by atoms with van der Waals surface area (Å²) >= 11 is 0. The zero-order valence-electron chi connectivity index (χ0n) is 67.3. The Bertz CT molecular complexity index is 6270. The Kier molecular flexibility index (Phi) is 27.1. The molecule has 0 spiro atoms. The van der Waals surface area contributed by atoms with Crippen LogP contribution in [0.4, 0.5) is 26.3 Å². The molecule has 1 aliphatic heterocycles. The highest BCUT2D eigenvalue weighted by molar-refractivity contribution is 5.98. The lowest BCUT2D eigenvalue weighted by molar-refractivity contribution is -0.274. The van der Waals surface area contributed by atoms with Crippen LogP contribution >= 0.6 is 0 Å². The smallest absolute Gasteiger partial charge is 0.494 e. The van der Waals surface area contributed by atoms with Crippen molar-refractivity contribution in [1.29, 1.82) is 0 Å². The molecule has 5 N–H and O–H groups in total. The van der Waals surface area contributed by atoms with Gasteiger partial charge in [0.05, 0.1) is 72.4 Å². The van der Waals surface area contributed by atoms with Gasteiger partial charge in [0.25, 0.3) is 23.6 Å².